The van der Waals surface area contributed by atoms with Crippen LogP contribution in [-0.2, 0) is 14.3 Å². The molecule has 1 saturated carbocycles. The zero-order chi connectivity index (χ0) is 23.4. The van der Waals surface area contributed by atoms with E-state index in [1.54, 1.807) is 6.08 Å². The van der Waals surface area contributed by atoms with Gasteiger partial charge in [-0.15, -0.1) is 0 Å². The largest absolute Gasteiger partial charge is 0.427 e. The lowest BCUT2D eigenvalue weighted by Crippen LogP contribution is -2.52. The average Bonchev–Trinajstić information content (AvgIpc) is 2.79. The van der Waals surface area contributed by atoms with Crippen LogP contribution in [0.3, 0.4) is 0 Å². The van der Waals surface area contributed by atoms with Crippen molar-refractivity contribution in [2.24, 2.45) is 22.7 Å². The lowest BCUT2D eigenvalue weighted by molar-refractivity contribution is -0.259. The molecule has 5 atom stereocenters. The average molecular weight is 451 g/mol. The van der Waals surface area contributed by atoms with Crippen LogP contribution < -0.4 is 0 Å². The third kappa shape index (κ3) is 4.84. The van der Waals surface area contributed by atoms with E-state index in [9.17, 15) is 20.1 Å². The third-order valence-corrected chi connectivity index (χ3v) is 8.83. The van der Waals surface area contributed by atoms with E-state index in [4.69, 9.17) is 9.47 Å². The molecule has 0 spiro atoms. The summed E-state index contributed by atoms with van der Waals surface area (Å²) in [7, 11) is 0. The standard InChI is InChI=1S/C26H42O6/c1-19-9-13-25(3)21(23(30)32-26(18-29)12-4-5-16-31-26)7-6-8-22(25)24(19,2)14-10-20(17-28)11-15-27/h7,11,19,22,27-29H,4-6,8-10,12-18H2,1-3H3/b20-11-. The number of hydrogen-bond donors (Lipinski definition) is 3. The van der Waals surface area contributed by atoms with Crippen molar-refractivity contribution in [3.8, 4) is 0 Å². The SMILES string of the molecule is CC1CCC2(C)C(C(=O)OC3(CO)CCCCO3)=CCCC2C1(C)CC/C(=C/CO)CO. The summed E-state index contributed by atoms with van der Waals surface area (Å²) in [6.07, 6.45) is 11.5. The van der Waals surface area contributed by atoms with Crippen molar-refractivity contribution >= 4 is 5.97 Å². The van der Waals surface area contributed by atoms with E-state index in [0.29, 0.717) is 24.9 Å². The Balaban J connectivity index is 1.83. The first-order chi connectivity index (χ1) is 15.2. The lowest BCUT2D eigenvalue weighted by atomic mass is 9.46. The van der Waals surface area contributed by atoms with Crippen LogP contribution in [0.5, 0.6) is 0 Å². The highest BCUT2D eigenvalue weighted by molar-refractivity contribution is 5.90. The van der Waals surface area contributed by atoms with Crippen molar-refractivity contribution in [1.29, 1.82) is 0 Å². The molecule has 5 unspecified atom stereocenters. The Hall–Kier alpha value is -1.21. The van der Waals surface area contributed by atoms with Crippen LogP contribution >= 0.6 is 0 Å². The van der Waals surface area contributed by atoms with Gasteiger partial charge in [-0.1, -0.05) is 32.9 Å². The number of aliphatic hydroxyl groups excluding tert-OH is 3. The van der Waals surface area contributed by atoms with Crippen LogP contribution in [0.1, 0.15) is 78.6 Å². The number of esters is 1. The summed E-state index contributed by atoms with van der Waals surface area (Å²) >= 11 is 0. The van der Waals surface area contributed by atoms with Gasteiger partial charge in [0.05, 0.1) is 19.8 Å². The monoisotopic (exact) mass is 450 g/mol. The van der Waals surface area contributed by atoms with Gasteiger partial charge in [-0.05, 0) is 74.2 Å². The zero-order valence-electron chi connectivity index (χ0n) is 20.1. The van der Waals surface area contributed by atoms with E-state index in [1.165, 1.54) is 0 Å². The number of allylic oxidation sites excluding steroid dienone is 1. The highest BCUT2D eigenvalue weighted by Gasteiger charge is 2.56. The predicted octanol–water partition coefficient (Wildman–Crippen LogP) is 3.89. The van der Waals surface area contributed by atoms with Gasteiger partial charge in [0.25, 0.3) is 0 Å². The van der Waals surface area contributed by atoms with Crippen molar-refractivity contribution < 1.29 is 29.6 Å². The second-order valence-electron chi connectivity index (χ2n) is 10.6. The molecule has 6 heteroatoms. The smallest absolute Gasteiger partial charge is 0.336 e. The molecule has 2 fully saturated rings. The molecular weight excluding hydrogens is 408 g/mol. The molecule has 0 amide bonds. The van der Waals surface area contributed by atoms with Gasteiger partial charge < -0.3 is 24.8 Å². The van der Waals surface area contributed by atoms with Crippen LogP contribution in [0, 0.1) is 22.7 Å². The van der Waals surface area contributed by atoms with E-state index in [1.807, 2.05) is 6.08 Å². The fraction of sp³-hybridized carbons (Fsp3) is 0.808. The minimum atomic E-state index is -1.21. The molecular formula is C26H42O6. The Kier molecular flexibility index (Phi) is 8.24. The second kappa shape index (κ2) is 10.4. The van der Waals surface area contributed by atoms with Crippen LogP contribution in [0.15, 0.2) is 23.3 Å². The van der Waals surface area contributed by atoms with Crippen LogP contribution in [0.2, 0.25) is 0 Å². The quantitative estimate of drug-likeness (QED) is 0.384. The first kappa shape index (κ1) is 25.4. The number of hydrogen-bond acceptors (Lipinski definition) is 6. The number of rotatable bonds is 8. The fourth-order valence-electron chi connectivity index (χ4n) is 6.52. The summed E-state index contributed by atoms with van der Waals surface area (Å²) in [5.41, 5.74) is 1.33. The summed E-state index contributed by atoms with van der Waals surface area (Å²) in [6.45, 7) is 6.93. The Morgan fingerprint density at radius 1 is 1.22 bits per heavy atom. The topological polar surface area (TPSA) is 96.2 Å². The molecule has 3 N–H and O–H groups in total. The molecule has 0 aromatic heterocycles. The van der Waals surface area contributed by atoms with Gasteiger partial charge in [0.1, 0.15) is 6.61 Å². The molecule has 0 radical (unpaired) electrons. The summed E-state index contributed by atoms with van der Waals surface area (Å²) in [5, 5.41) is 28.8. The number of carbonyl (C=O) groups excluding carboxylic acids is 1. The normalized spacial score (nSPS) is 38.1. The van der Waals surface area contributed by atoms with Crippen molar-refractivity contribution in [3.63, 3.8) is 0 Å². The van der Waals surface area contributed by atoms with E-state index < -0.39 is 5.79 Å². The number of carbonyl (C=O) groups is 1. The maximum absolute atomic E-state index is 13.4. The first-order valence-corrected chi connectivity index (χ1v) is 12.3. The molecule has 0 aromatic carbocycles. The molecule has 2 aliphatic carbocycles. The third-order valence-electron chi connectivity index (χ3n) is 8.83. The summed E-state index contributed by atoms with van der Waals surface area (Å²) < 4.78 is 11.6. The van der Waals surface area contributed by atoms with Gasteiger partial charge >= 0.3 is 5.97 Å². The van der Waals surface area contributed by atoms with Crippen LogP contribution in [0.25, 0.3) is 0 Å². The van der Waals surface area contributed by atoms with Crippen molar-refractivity contribution in [1.82, 2.24) is 0 Å². The molecule has 3 aliphatic rings. The van der Waals surface area contributed by atoms with Crippen LogP contribution in [-0.4, -0.2) is 53.5 Å². The van der Waals surface area contributed by atoms with E-state index in [-0.39, 0.29) is 36.6 Å². The van der Waals surface area contributed by atoms with Crippen molar-refractivity contribution in [2.75, 3.05) is 26.4 Å². The summed E-state index contributed by atoms with van der Waals surface area (Å²) in [5.74, 6) is -0.745. The first-order valence-electron chi connectivity index (χ1n) is 12.3. The van der Waals surface area contributed by atoms with Gasteiger partial charge in [0.2, 0.25) is 5.79 Å². The van der Waals surface area contributed by atoms with Gasteiger partial charge in [-0.3, -0.25) is 0 Å². The number of fused-ring (bicyclic) bond motifs is 1. The van der Waals surface area contributed by atoms with Crippen molar-refractivity contribution in [2.45, 2.75) is 84.3 Å². The Labute approximate surface area is 192 Å². The lowest BCUT2D eigenvalue weighted by Gasteiger charge is -2.58. The maximum Gasteiger partial charge on any atom is 0.336 e. The molecule has 3 rings (SSSR count). The molecule has 6 nitrogen and oxygen atoms in total. The molecule has 0 bridgehead atoms. The molecule has 182 valence electrons. The van der Waals surface area contributed by atoms with E-state index in [0.717, 1.165) is 62.5 Å². The number of aliphatic hydroxyl groups is 3. The Bertz CT molecular complexity index is 722. The van der Waals surface area contributed by atoms with Gasteiger partial charge in [0.15, 0.2) is 0 Å². The maximum atomic E-state index is 13.4. The fourth-order valence-corrected chi connectivity index (χ4v) is 6.52. The van der Waals surface area contributed by atoms with Gasteiger partial charge in [-0.25, -0.2) is 4.79 Å². The molecule has 0 aromatic rings. The minimum absolute atomic E-state index is 0.00646. The zero-order valence-corrected chi connectivity index (χ0v) is 20.1. The second-order valence-corrected chi connectivity index (χ2v) is 10.6. The van der Waals surface area contributed by atoms with Gasteiger partial charge in [0, 0.05) is 17.4 Å². The summed E-state index contributed by atoms with van der Waals surface area (Å²) in [6, 6.07) is 0. The van der Waals surface area contributed by atoms with Crippen molar-refractivity contribution in [3.05, 3.63) is 23.3 Å². The highest BCUT2D eigenvalue weighted by atomic mass is 16.7. The van der Waals surface area contributed by atoms with E-state index in [2.05, 4.69) is 20.8 Å². The van der Waals surface area contributed by atoms with E-state index >= 15 is 0 Å². The molecule has 1 saturated heterocycles. The minimum Gasteiger partial charge on any atom is -0.427 e. The number of ether oxygens (including phenoxy) is 2. The Morgan fingerprint density at radius 2 is 2.00 bits per heavy atom. The summed E-state index contributed by atoms with van der Waals surface area (Å²) in [4.78, 5) is 13.4. The van der Waals surface area contributed by atoms with Crippen LogP contribution in [0.4, 0.5) is 0 Å². The molecule has 1 aliphatic heterocycles. The Morgan fingerprint density at radius 3 is 2.62 bits per heavy atom. The highest BCUT2D eigenvalue weighted by Crippen LogP contribution is 2.62. The predicted molar refractivity (Wildman–Crippen MR) is 123 cm³/mol. The molecule has 32 heavy (non-hydrogen) atoms. The van der Waals surface area contributed by atoms with Gasteiger partial charge in [-0.2, -0.15) is 0 Å². The molecule has 1 heterocycles.